The number of nitrogens with zero attached hydrogens (tertiary/aromatic N) is 1. The van der Waals surface area contributed by atoms with Crippen LogP contribution in [-0.4, -0.2) is 30.6 Å². The second-order valence-electron chi connectivity index (χ2n) is 4.62. The van der Waals surface area contributed by atoms with Crippen LogP contribution in [0.3, 0.4) is 0 Å². The number of hydrogen-bond acceptors (Lipinski definition) is 4. The second-order valence-corrected chi connectivity index (χ2v) is 5.62. The highest BCUT2D eigenvalue weighted by Gasteiger charge is 2.31. The summed E-state index contributed by atoms with van der Waals surface area (Å²) in [4.78, 5) is 15.7. The summed E-state index contributed by atoms with van der Waals surface area (Å²) in [7, 11) is 1.42. The van der Waals surface area contributed by atoms with E-state index >= 15 is 0 Å². The number of allylic oxidation sites excluding steroid dienone is 2. The van der Waals surface area contributed by atoms with Gasteiger partial charge < -0.3 is 4.74 Å². The normalized spacial score (nSPS) is 17.1. The maximum absolute atomic E-state index is 12.2. The van der Waals surface area contributed by atoms with Crippen LogP contribution in [0.1, 0.15) is 10.4 Å². The highest BCUT2D eigenvalue weighted by atomic mass is 32.1. The van der Waals surface area contributed by atoms with Gasteiger partial charge in [-0.3, -0.25) is 4.90 Å². The monoisotopic (exact) mass is 289 g/mol. The highest BCUT2D eigenvalue weighted by Crippen LogP contribution is 2.27. The zero-order chi connectivity index (χ0) is 14.5. The van der Waals surface area contributed by atoms with E-state index in [2.05, 4.69) is 29.5 Å². The fourth-order valence-electron chi connectivity index (χ4n) is 2.51. The smallest absolute Gasteiger partial charge is 0.327 e. The van der Waals surface area contributed by atoms with Gasteiger partial charge in [-0.2, -0.15) is 0 Å². The lowest BCUT2D eigenvalue weighted by atomic mass is 10.0. The predicted octanol–water partition coefficient (Wildman–Crippen LogP) is 2.95. The van der Waals surface area contributed by atoms with Crippen molar-refractivity contribution in [3.63, 3.8) is 0 Å². The van der Waals surface area contributed by atoms with Gasteiger partial charge in [-0.15, -0.1) is 11.3 Å². The summed E-state index contributed by atoms with van der Waals surface area (Å²) >= 11 is 1.78. The van der Waals surface area contributed by atoms with Crippen molar-refractivity contribution in [1.29, 1.82) is 0 Å². The first kappa shape index (κ1) is 14.8. The minimum atomic E-state index is -0.413. The van der Waals surface area contributed by atoms with E-state index in [1.54, 1.807) is 23.5 Å². The molecule has 1 unspecified atom stereocenters. The molecule has 0 saturated heterocycles. The molecular weight excluding hydrogens is 270 g/mol. The molecule has 4 heteroatoms. The average molecular weight is 289 g/mol. The Morgan fingerprint density at radius 1 is 1.55 bits per heavy atom. The molecule has 0 fully saturated rings. The molecule has 0 aliphatic carbocycles. The van der Waals surface area contributed by atoms with Gasteiger partial charge in [0.15, 0.2) is 0 Å². The zero-order valence-corrected chi connectivity index (χ0v) is 12.5. The van der Waals surface area contributed by atoms with Gasteiger partial charge in [-0.1, -0.05) is 31.4 Å². The van der Waals surface area contributed by atoms with E-state index < -0.39 is 6.04 Å². The number of esters is 1. The van der Waals surface area contributed by atoms with Crippen LogP contribution in [0.5, 0.6) is 0 Å². The standard InChI is InChI=1S/C16H19NO2S/c1-4-6-12(5-2)15(16(18)19-3)17-9-7-14-13(11-17)8-10-20-14/h4-6,8,10,15H,1-2,7,9,11H2,3H3/b12-6+. The van der Waals surface area contributed by atoms with Gasteiger partial charge >= 0.3 is 5.97 Å². The summed E-state index contributed by atoms with van der Waals surface area (Å²) in [6.07, 6.45) is 6.16. The Balaban J connectivity index is 2.28. The van der Waals surface area contributed by atoms with Crippen molar-refractivity contribution in [1.82, 2.24) is 4.90 Å². The lowest BCUT2D eigenvalue weighted by molar-refractivity contribution is -0.145. The molecule has 1 aliphatic rings. The maximum atomic E-state index is 12.2. The van der Waals surface area contributed by atoms with Gasteiger partial charge in [0.1, 0.15) is 6.04 Å². The van der Waals surface area contributed by atoms with Crippen molar-refractivity contribution in [2.45, 2.75) is 19.0 Å². The summed E-state index contributed by atoms with van der Waals surface area (Å²) < 4.78 is 4.96. The lowest BCUT2D eigenvalue weighted by Gasteiger charge is -2.33. The lowest BCUT2D eigenvalue weighted by Crippen LogP contribution is -2.45. The first-order valence-electron chi connectivity index (χ1n) is 6.53. The van der Waals surface area contributed by atoms with E-state index in [-0.39, 0.29) is 5.97 Å². The minimum Gasteiger partial charge on any atom is -0.468 e. The van der Waals surface area contributed by atoms with E-state index in [1.165, 1.54) is 17.6 Å². The first-order chi connectivity index (χ1) is 9.71. The number of thiophene rings is 1. The summed E-state index contributed by atoms with van der Waals surface area (Å²) in [5, 5.41) is 2.11. The largest absolute Gasteiger partial charge is 0.468 e. The van der Waals surface area contributed by atoms with Crippen LogP contribution in [-0.2, 0) is 22.5 Å². The molecule has 1 aromatic rings. The molecule has 0 spiro atoms. The van der Waals surface area contributed by atoms with Gasteiger partial charge in [0.2, 0.25) is 0 Å². The summed E-state index contributed by atoms with van der Waals surface area (Å²) in [5.41, 5.74) is 2.13. The third-order valence-electron chi connectivity index (χ3n) is 3.49. The fourth-order valence-corrected chi connectivity index (χ4v) is 3.39. The van der Waals surface area contributed by atoms with Crippen LogP contribution in [0.15, 0.2) is 48.4 Å². The number of fused-ring (bicyclic) bond motifs is 1. The van der Waals surface area contributed by atoms with Crippen LogP contribution in [0.2, 0.25) is 0 Å². The summed E-state index contributed by atoms with van der Waals surface area (Å²) in [6.45, 7) is 9.10. The maximum Gasteiger partial charge on any atom is 0.327 e. The van der Waals surface area contributed by atoms with Crippen molar-refractivity contribution in [2.75, 3.05) is 13.7 Å². The third kappa shape index (κ3) is 2.92. The van der Waals surface area contributed by atoms with Crippen LogP contribution in [0.25, 0.3) is 0 Å². The Morgan fingerprint density at radius 3 is 3.00 bits per heavy atom. The van der Waals surface area contributed by atoms with Gasteiger partial charge in [-0.25, -0.2) is 4.79 Å². The molecule has 0 bridgehead atoms. The number of hydrogen-bond donors (Lipinski definition) is 0. The third-order valence-corrected chi connectivity index (χ3v) is 4.51. The Labute approximate surface area is 123 Å². The number of carbonyl (C=O) groups excluding carboxylic acids is 1. The summed E-state index contributed by atoms with van der Waals surface area (Å²) in [6, 6.07) is 1.72. The molecule has 0 amide bonds. The van der Waals surface area contributed by atoms with Crippen molar-refractivity contribution in [2.24, 2.45) is 0 Å². The Kier molecular flexibility index (Phi) is 4.93. The van der Waals surface area contributed by atoms with Gasteiger partial charge in [-0.05, 0) is 29.0 Å². The second kappa shape index (κ2) is 6.68. The topological polar surface area (TPSA) is 29.5 Å². The van der Waals surface area contributed by atoms with Crippen LogP contribution in [0.4, 0.5) is 0 Å². The molecule has 1 atom stereocenters. The Bertz CT molecular complexity index is 544. The predicted molar refractivity (Wildman–Crippen MR) is 82.7 cm³/mol. The molecule has 20 heavy (non-hydrogen) atoms. The molecule has 1 aliphatic heterocycles. The number of methoxy groups -OCH3 is 1. The molecule has 0 aromatic carbocycles. The molecule has 3 nitrogen and oxygen atoms in total. The molecule has 0 saturated carbocycles. The van der Waals surface area contributed by atoms with Gasteiger partial charge in [0.05, 0.1) is 7.11 Å². The van der Waals surface area contributed by atoms with E-state index in [9.17, 15) is 4.79 Å². The SMILES string of the molecule is C=C/C=C(\C=C)C(C(=O)OC)N1CCc2sccc2C1. The van der Waals surface area contributed by atoms with Crippen LogP contribution in [0, 0.1) is 0 Å². The van der Waals surface area contributed by atoms with E-state index in [0.717, 1.165) is 25.1 Å². The summed E-state index contributed by atoms with van der Waals surface area (Å²) in [5.74, 6) is -0.253. The van der Waals surface area contributed by atoms with Crippen molar-refractivity contribution >= 4 is 17.3 Å². The Morgan fingerprint density at radius 2 is 2.35 bits per heavy atom. The quantitative estimate of drug-likeness (QED) is 0.616. The van der Waals surface area contributed by atoms with Crippen molar-refractivity contribution in [3.05, 3.63) is 58.8 Å². The average Bonchev–Trinajstić information content (AvgIpc) is 2.93. The van der Waals surface area contributed by atoms with E-state index in [1.807, 2.05) is 6.08 Å². The van der Waals surface area contributed by atoms with Crippen molar-refractivity contribution < 1.29 is 9.53 Å². The highest BCUT2D eigenvalue weighted by molar-refractivity contribution is 7.10. The molecule has 106 valence electrons. The van der Waals surface area contributed by atoms with Gasteiger partial charge in [0, 0.05) is 18.0 Å². The minimum absolute atomic E-state index is 0.253. The zero-order valence-electron chi connectivity index (χ0n) is 11.7. The van der Waals surface area contributed by atoms with E-state index in [0.29, 0.717) is 0 Å². The number of ether oxygens (including phenoxy) is 1. The van der Waals surface area contributed by atoms with Crippen LogP contribution >= 0.6 is 11.3 Å². The molecule has 0 radical (unpaired) electrons. The molecular formula is C16H19NO2S. The van der Waals surface area contributed by atoms with Crippen molar-refractivity contribution in [3.8, 4) is 0 Å². The molecule has 2 heterocycles. The molecule has 1 aromatic heterocycles. The first-order valence-corrected chi connectivity index (χ1v) is 7.41. The fraction of sp³-hybridized carbons (Fsp3) is 0.312. The Hall–Kier alpha value is -1.65. The number of rotatable bonds is 5. The van der Waals surface area contributed by atoms with E-state index in [4.69, 9.17) is 4.74 Å². The molecule has 2 rings (SSSR count). The van der Waals surface area contributed by atoms with Gasteiger partial charge in [0.25, 0.3) is 0 Å². The van der Waals surface area contributed by atoms with Crippen LogP contribution < -0.4 is 0 Å². The number of carbonyl (C=O) groups is 1. The molecule has 0 N–H and O–H groups in total.